The fourth-order valence-corrected chi connectivity index (χ4v) is 2.75. The molecule has 0 saturated carbocycles. The van der Waals surface area contributed by atoms with Crippen molar-refractivity contribution in [1.82, 2.24) is 0 Å². The highest BCUT2D eigenvalue weighted by Gasteiger charge is 2.17. The molecule has 0 radical (unpaired) electrons. The summed E-state index contributed by atoms with van der Waals surface area (Å²) in [6, 6.07) is 7.93. The van der Waals surface area contributed by atoms with Gasteiger partial charge in [0, 0.05) is 0 Å². The zero-order valence-corrected chi connectivity index (χ0v) is 15.0. The summed E-state index contributed by atoms with van der Waals surface area (Å²) < 4.78 is 0. The quantitative estimate of drug-likeness (QED) is 0.612. The molecule has 25 heavy (non-hydrogen) atoms. The molecule has 0 unspecified atom stereocenters. The van der Waals surface area contributed by atoms with Crippen molar-refractivity contribution >= 4 is 11.6 Å². The van der Waals surface area contributed by atoms with Crippen LogP contribution in [0.15, 0.2) is 30.3 Å². The van der Waals surface area contributed by atoms with Gasteiger partial charge in [0.25, 0.3) is 0 Å². The molecule has 0 aliphatic rings. The smallest absolute Gasteiger partial charge is 0.228 e. The van der Waals surface area contributed by atoms with Gasteiger partial charge in [0.05, 0.1) is 6.42 Å². The lowest BCUT2D eigenvalue weighted by Gasteiger charge is -2.17. The van der Waals surface area contributed by atoms with E-state index in [4.69, 9.17) is 0 Å². The third-order valence-electron chi connectivity index (χ3n) is 4.12. The monoisotopic (exact) mass is 343 g/mol. The van der Waals surface area contributed by atoms with Crippen LogP contribution in [0.1, 0.15) is 56.2 Å². The minimum absolute atomic E-state index is 0.000514. The molecule has 5 heteroatoms. The van der Waals surface area contributed by atoms with Crippen LogP contribution >= 0.6 is 0 Å². The topological polar surface area (TPSA) is 89.8 Å². The van der Waals surface area contributed by atoms with Crippen LogP contribution in [0.3, 0.4) is 0 Å². The number of nitrogens with one attached hydrogen (secondary N) is 1. The zero-order valence-electron chi connectivity index (χ0n) is 15.0. The summed E-state index contributed by atoms with van der Waals surface area (Å²) in [5.74, 6) is -0.195. The number of amides is 1. The summed E-state index contributed by atoms with van der Waals surface area (Å²) in [6.45, 7) is 7.96. The molecule has 1 amide bonds. The third kappa shape index (κ3) is 4.24. The Morgan fingerprint density at radius 1 is 0.960 bits per heavy atom. The Morgan fingerprint density at radius 2 is 1.44 bits per heavy atom. The van der Waals surface area contributed by atoms with Gasteiger partial charge in [-0.15, -0.1) is 0 Å². The summed E-state index contributed by atoms with van der Waals surface area (Å²) in [5.41, 5.74) is 2.39. The van der Waals surface area contributed by atoms with E-state index >= 15 is 0 Å². The van der Waals surface area contributed by atoms with Gasteiger partial charge in [-0.3, -0.25) is 4.79 Å². The van der Waals surface area contributed by atoms with Crippen LogP contribution in [-0.4, -0.2) is 21.2 Å². The minimum Gasteiger partial charge on any atom is -0.507 e. The highest BCUT2D eigenvalue weighted by molar-refractivity contribution is 5.95. The number of hydrogen-bond donors (Lipinski definition) is 4. The maximum atomic E-state index is 12.3. The molecule has 0 atom stereocenters. The molecule has 0 aromatic heterocycles. The van der Waals surface area contributed by atoms with Gasteiger partial charge in [0.15, 0.2) is 0 Å². The summed E-state index contributed by atoms with van der Waals surface area (Å²) >= 11 is 0. The average Bonchev–Trinajstić information content (AvgIpc) is 2.52. The van der Waals surface area contributed by atoms with Gasteiger partial charge >= 0.3 is 0 Å². The lowest BCUT2D eigenvalue weighted by atomic mass is 9.90. The number of carbonyl (C=O) groups excluding carboxylic acids is 1. The summed E-state index contributed by atoms with van der Waals surface area (Å²) in [4.78, 5) is 12.3. The SMILES string of the molecule is CC(C)c1cc(CC(=O)Nc2c(O)cccc2O)cc(C(C)C)c1O. The molecule has 2 aromatic rings. The highest BCUT2D eigenvalue weighted by Crippen LogP contribution is 2.35. The summed E-state index contributed by atoms with van der Waals surface area (Å²) in [7, 11) is 0. The Morgan fingerprint density at radius 3 is 1.88 bits per heavy atom. The summed E-state index contributed by atoms with van der Waals surface area (Å²) in [5, 5.41) is 32.5. The molecule has 0 aliphatic carbocycles. The van der Waals surface area contributed by atoms with Gasteiger partial charge in [0.1, 0.15) is 22.9 Å². The van der Waals surface area contributed by atoms with Crippen molar-refractivity contribution in [2.24, 2.45) is 0 Å². The van der Waals surface area contributed by atoms with Gasteiger partial charge in [0.2, 0.25) is 5.91 Å². The molecule has 134 valence electrons. The van der Waals surface area contributed by atoms with E-state index in [1.807, 2.05) is 39.8 Å². The number of hydrogen-bond acceptors (Lipinski definition) is 4. The van der Waals surface area contributed by atoms with Crippen molar-refractivity contribution in [1.29, 1.82) is 0 Å². The van der Waals surface area contributed by atoms with Gasteiger partial charge in [-0.1, -0.05) is 45.9 Å². The second kappa shape index (κ2) is 7.47. The highest BCUT2D eigenvalue weighted by atomic mass is 16.3. The number of benzene rings is 2. The van der Waals surface area contributed by atoms with E-state index in [-0.39, 0.29) is 47.1 Å². The minimum atomic E-state index is -0.355. The third-order valence-corrected chi connectivity index (χ3v) is 4.12. The first-order valence-electron chi connectivity index (χ1n) is 8.37. The van der Waals surface area contributed by atoms with Crippen molar-refractivity contribution in [3.05, 3.63) is 47.0 Å². The molecule has 2 rings (SSSR count). The zero-order chi connectivity index (χ0) is 18.7. The molecule has 0 heterocycles. The molecule has 0 saturated heterocycles. The Labute approximate surface area is 148 Å². The van der Waals surface area contributed by atoms with Gasteiger partial charge < -0.3 is 20.6 Å². The van der Waals surface area contributed by atoms with E-state index < -0.39 is 0 Å². The maximum absolute atomic E-state index is 12.3. The van der Waals surface area contributed by atoms with Gasteiger partial charge in [-0.25, -0.2) is 0 Å². The first-order chi connectivity index (χ1) is 11.7. The van der Waals surface area contributed by atoms with E-state index in [1.54, 1.807) is 0 Å². The Kier molecular flexibility index (Phi) is 5.57. The standard InChI is InChI=1S/C20H25NO4/c1-11(2)14-8-13(9-15(12(3)4)20(14)25)10-18(24)21-19-16(22)6-5-7-17(19)23/h5-9,11-12,22-23,25H,10H2,1-4H3,(H,21,24). The maximum Gasteiger partial charge on any atom is 0.228 e. The molecule has 0 aliphatic heterocycles. The number of carbonyl (C=O) groups is 1. The second-order valence-electron chi connectivity index (χ2n) is 6.83. The van der Waals surface area contributed by atoms with E-state index in [0.717, 1.165) is 16.7 Å². The van der Waals surface area contributed by atoms with Crippen LogP contribution in [0.5, 0.6) is 17.2 Å². The van der Waals surface area contributed by atoms with Crippen molar-refractivity contribution in [3.8, 4) is 17.2 Å². The number of phenols is 3. The molecule has 0 fully saturated rings. The molecule has 0 spiro atoms. The first kappa shape index (κ1) is 18.6. The van der Waals surface area contributed by atoms with Crippen LogP contribution < -0.4 is 5.32 Å². The van der Waals surface area contributed by atoms with E-state index in [0.29, 0.717) is 0 Å². The van der Waals surface area contributed by atoms with E-state index in [9.17, 15) is 20.1 Å². The molecule has 0 bridgehead atoms. The molecule has 4 N–H and O–H groups in total. The number of aromatic hydroxyl groups is 3. The van der Waals surface area contributed by atoms with Crippen LogP contribution in [0, 0.1) is 0 Å². The van der Waals surface area contributed by atoms with E-state index in [1.165, 1.54) is 18.2 Å². The predicted molar refractivity (Wildman–Crippen MR) is 98.4 cm³/mol. The molecular weight excluding hydrogens is 318 g/mol. The number of para-hydroxylation sites is 1. The van der Waals surface area contributed by atoms with Gasteiger partial charge in [-0.2, -0.15) is 0 Å². The van der Waals surface area contributed by atoms with Crippen LogP contribution in [0.4, 0.5) is 5.69 Å². The first-order valence-corrected chi connectivity index (χ1v) is 8.37. The van der Waals surface area contributed by atoms with Crippen LogP contribution in [0.25, 0.3) is 0 Å². The number of rotatable bonds is 5. The van der Waals surface area contributed by atoms with Crippen LogP contribution in [0.2, 0.25) is 0 Å². The molecule has 2 aromatic carbocycles. The van der Waals surface area contributed by atoms with Crippen molar-refractivity contribution < 1.29 is 20.1 Å². The van der Waals surface area contributed by atoms with Crippen molar-refractivity contribution in [2.45, 2.75) is 46.0 Å². The normalized spacial score (nSPS) is 11.1. The Hall–Kier alpha value is -2.69. The molecule has 5 nitrogen and oxygen atoms in total. The number of anilines is 1. The second-order valence-corrected chi connectivity index (χ2v) is 6.83. The van der Waals surface area contributed by atoms with Gasteiger partial charge in [-0.05, 0) is 40.7 Å². The predicted octanol–water partition coefficient (Wildman–Crippen LogP) is 4.23. The van der Waals surface area contributed by atoms with Crippen LogP contribution in [-0.2, 0) is 11.2 Å². The largest absolute Gasteiger partial charge is 0.507 e. The Bertz CT molecular complexity index is 732. The van der Waals surface area contributed by atoms with Crippen molar-refractivity contribution in [2.75, 3.05) is 5.32 Å². The number of phenolic OH excluding ortho intramolecular Hbond substituents is 3. The summed E-state index contributed by atoms with van der Waals surface area (Å²) in [6.07, 6.45) is 0.0769. The fraction of sp³-hybridized carbons (Fsp3) is 0.350. The lowest BCUT2D eigenvalue weighted by Crippen LogP contribution is -2.15. The fourth-order valence-electron chi connectivity index (χ4n) is 2.75. The lowest BCUT2D eigenvalue weighted by molar-refractivity contribution is -0.115. The Balaban J connectivity index is 2.29. The average molecular weight is 343 g/mol. The van der Waals surface area contributed by atoms with Crippen molar-refractivity contribution in [3.63, 3.8) is 0 Å². The molecular formula is C20H25NO4. The van der Waals surface area contributed by atoms with E-state index in [2.05, 4.69) is 5.32 Å².